The van der Waals surface area contributed by atoms with Crippen LogP contribution in [-0.2, 0) is 0 Å². The van der Waals surface area contributed by atoms with Crippen molar-refractivity contribution in [1.29, 1.82) is 0 Å². The van der Waals surface area contributed by atoms with Gasteiger partial charge < -0.3 is 16.2 Å². The first-order valence-corrected chi connectivity index (χ1v) is 11.6. The summed E-state index contributed by atoms with van der Waals surface area (Å²) in [6.07, 6.45) is 0.702. The summed E-state index contributed by atoms with van der Waals surface area (Å²) in [4.78, 5) is 4.60. The molecule has 1 atom stereocenters. The Bertz CT molecular complexity index is 731. The van der Waals surface area contributed by atoms with Crippen molar-refractivity contribution in [3.8, 4) is 5.75 Å². The van der Waals surface area contributed by atoms with Gasteiger partial charge >= 0.3 is 6.36 Å². The lowest BCUT2D eigenvalue weighted by atomic mass is 9.80. The molecule has 0 aromatic heterocycles. The van der Waals surface area contributed by atoms with E-state index in [1.165, 1.54) is 6.07 Å². The van der Waals surface area contributed by atoms with Crippen LogP contribution in [0.2, 0.25) is 0 Å². The average Bonchev–Trinajstić information content (AvgIpc) is 2.64. The molecule has 2 rings (SSSR count). The lowest BCUT2D eigenvalue weighted by molar-refractivity contribution is -0.275. The first-order valence-electron chi connectivity index (χ1n) is 9.54. The Balaban J connectivity index is 1.88. The molecule has 1 saturated carbocycles. The number of ether oxygens (including phenoxy) is 1. The fraction of sp³-hybridized carbons (Fsp3) is 0.579. The van der Waals surface area contributed by atoms with Crippen LogP contribution in [0.15, 0.2) is 32.6 Å². The molecule has 0 amide bonds. The smallest absolute Gasteiger partial charge is 0.405 e. The number of alkyl halides is 3. The van der Waals surface area contributed by atoms with Crippen molar-refractivity contribution in [2.24, 2.45) is 28.3 Å². The van der Waals surface area contributed by atoms with Gasteiger partial charge in [0.25, 0.3) is 0 Å². The summed E-state index contributed by atoms with van der Waals surface area (Å²) in [5.74, 6) is 1.10. The molecule has 10 heteroatoms. The van der Waals surface area contributed by atoms with Crippen molar-refractivity contribution < 1.29 is 17.9 Å². The summed E-state index contributed by atoms with van der Waals surface area (Å²) >= 11 is 3.21. The minimum absolute atomic E-state index is 0.140. The summed E-state index contributed by atoms with van der Waals surface area (Å²) in [6, 6.07) is 4.74. The molecular formula is C19H28BrF3N4OS. The van der Waals surface area contributed by atoms with Crippen LogP contribution in [0.3, 0.4) is 0 Å². The molecular weight excluding hydrogens is 469 g/mol. The van der Waals surface area contributed by atoms with Crippen molar-refractivity contribution in [1.82, 2.24) is 4.72 Å². The van der Waals surface area contributed by atoms with E-state index in [1.807, 2.05) is 12.3 Å². The molecule has 29 heavy (non-hydrogen) atoms. The molecule has 1 aliphatic rings. The van der Waals surface area contributed by atoms with Crippen LogP contribution < -0.4 is 20.9 Å². The molecule has 0 radical (unpaired) electrons. The zero-order valence-corrected chi connectivity index (χ0v) is 18.7. The number of guanidine groups is 1. The van der Waals surface area contributed by atoms with Crippen molar-refractivity contribution in [3.63, 3.8) is 0 Å². The van der Waals surface area contributed by atoms with Crippen molar-refractivity contribution in [2.45, 2.75) is 50.3 Å². The minimum Gasteiger partial charge on any atom is -0.405 e. The lowest BCUT2D eigenvalue weighted by Gasteiger charge is -2.28. The topological polar surface area (TPSA) is 85.7 Å². The summed E-state index contributed by atoms with van der Waals surface area (Å²) < 4.78 is 46.4. The quantitative estimate of drug-likeness (QED) is 0.274. The Labute approximate surface area is 180 Å². The maximum Gasteiger partial charge on any atom is 0.573 e. The Hall–Kier alpha value is -1.26. The van der Waals surface area contributed by atoms with Crippen molar-refractivity contribution in [3.05, 3.63) is 22.7 Å². The Morgan fingerprint density at radius 3 is 2.52 bits per heavy atom. The molecule has 0 heterocycles. The molecule has 1 fully saturated rings. The highest BCUT2D eigenvalue weighted by molar-refractivity contribution is 9.10. The molecule has 1 aromatic rings. The number of nitrogens with zero attached hydrogens (tertiary/aromatic N) is 1. The fourth-order valence-corrected chi connectivity index (χ4v) is 5.25. The number of hydrogen-bond donors (Lipinski definition) is 3. The summed E-state index contributed by atoms with van der Waals surface area (Å²) in [5.41, 5.74) is 10.8. The molecule has 1 aromatic carbocycles. The third-order valence-corrected chi connectivity index (χ3v) is 7.20. The molecule has 5 N–H and O–H groups in total. The number of rotatable bonds is 8. The number of benzene rings is 1. The molecule has 1 aliphatic carbocycles. The van der Waals surface area contributed by atoms with E-state index in [0.29, 0.717) is 27.7 Å². The van der Waals surface area contributed by atoms with E-state index in [0.717, 1.165) is 38.6 Å². The number of nitrogens with two attached hydrogens (primary N) is 2. The van der Waals surface area contributed by atoms with E-state index in [9.17, 15) is 13.2 Å². The second-order valence-corrected chi connectivity index (χ2v) is 9.84. The van der Waals surface area contributed by atoms with E-state index in [1.54, 1.807) is 12.1 Å². The van der Waals surface area contributed by atoms with Gasteiger partial charge in [-0.3, -0.25) is 9.71 Å². The minimum atomic E-state index is -4.73. The number of hydrogen-bond acceptors (Lipinski definition) is 3. The van der Waals surface area contributed by atoms with Gasteiger partial charge in [0.05, 0.1) is 4.90 Å². The largest absolute Gasteiger partial charge is 0.573 e. The van der Waals surface area contributed by atoms with Crippen LogP contribution in [0, 0.1) is 11.8 Å². The fourth-order valence-electron chi connectivity index (χ4n) is 3.47. The van der Waals surface area contributed by atoms with Crippen molar-refractivity contribution >= 4 is 37.9 Å². The van der Waals surface area contributed by atoms with Gasteiger partial charge in [-0.25, -0.2) is 0 Å². The van der Waals surface area contributed by atoms with Crippen LogP contribution in [0.4, 0.5) is 13.2 Å². The molecule has 0 saturated heterocycles. The number of halogens is 4. The van der Waals surface area contributed by atoms with E-state index in [-0.39, 0.29) is 11.7 Å². The first kappa shape index (κ1) is 24.0. The molecule has 0 spiro atoms. The summed E-state index contributed by atoms with van der Waals surface area (Å²) in [5, 5.41) is 1.87. The predicted molar refractivity (Wildman–Crippen MR) is 117 cm³/mol. The Kier molecular flexibility index (Phi) is 9.29. The third kappa shape index (κ3) is 8.55. The van der Waals surface area contributed by atoms with Gasteiger partial charge in [0.2, 0.25) is 0 Å². The van der Waals surface area contributed by atoms with E-state index >= 15 is 0 Å². The van der Waals surface area contributed by atoms with Gasteiger partial charge in [0, 0.05) is 17.6 Å². The zero-order valence-electron chi connectivity index (χ0n) is 16.3. The average molecular weight is 497 g/mol. The molecule has 5 nitrogen and oxygen atoms in total. The number of aliphatic imine (C=N–C) groups is 1. The zero-order chi connectivity index (χ0) is 21.4. The predicted octanol–water partition coefficient (Wildman–Crippen LogP) is 4.77. The SMILES string of the molecule is C/C=S(\NCCC1CCC(CN=C(N)N)CC1)c1ccc(Br)cc1OC(F)(F)F. The molecule has 1 unspecified atom stereocenters. The van der Waals surface area contributed by atoms with Crippen molar-refractivity contribution in [2.75, 3.05) is 13.1 Å². The van der Waals surface area contributed by atoms with E-state index in [4.69, 9.17) is 11.5 Å². The lowest BCUT2D eigenvalue weighted by Crippen LogP contribution is -2.25. The second kappa shape index (κ2) is 11.2. The van der Waals surface area contributed by atoms with Crippen LogP contribution in [0.1, 0.15) is 39.0 Å². The van der Waals surface area contributed by atoms with Gasteiger partial charge in [-0.05, 0) is 61.6 Å². The van der Waals surface area contributed by atoms with E-state index < -0.39 is 17.0 Å². The Morgan fingerprint density at radius 1 is 1.28 bits per heavy atom. The highest BCUT2D eigenvalue weighted by atomic mass is 79.9. The monoisotopic (exact) mass is 496 g/mol. The van der Waals surface area contributed by atoms with Crippen LogP contribution >= 0.6 is 26.6 Å². The molecule has 164 valence electrons. The van der Waals surface area contributed by atoms with Gasteiger partial charge in [-0.1, -0.05) is 39.4 Å². The van der Waals surface area contributed by atoms with Crippen LogP contribution in [0.5, 0.6) is 5.75 Å². The first-order chi connectivity index (χ1) is 13.7. The van der Waals surface area contributed by atoms with Crippen LogP contribution in [-0.4, -0.2) is 30.8 Å². The molecule has 0 bridgehead atoms. The van der Waals surface area contributed by atoms with Crippen LogP contribution in [0.25, 0.3) is 0 Å². The van der Waals surface area contributed by atoms with Gasteiger partial charge in [-0.2, -0.15) is 0 Å². The van der Waals surface area contributed by atoms with Gasteiger partial charge in [0.1, 0.15) is 5.75 Å². The maximum absolute atomic E-state index is 12.8. The van der Waals surface area contributed by atoms with E-state index in [2.05, 4.69) is 30.4 Å². The normalized spacial score (nSPS) is 21.0. The molecule has 0 aliphatic heterocycles. The Morgan fingerprint density at radius 2 is 1.93 bits per heavy atom. The second-order valence-electron chi connectivity index (χ2n) is 7.05. The third-order valence-electron chi connectivity index (χ3n) is 4.91. The standard InChI is InChI=1S/C19H28BrF3N4OS/c1-2-29(17-8-7-15(20)11-16(17)28-19(21,22)23)27-10-9-13-3-5-14(6-4-13)12-26-18(24)25/h2,7-8,11,13-14,27H,3-6,9-10,12H2,1H3,(H4,24,25,26). The van der Waals surface area contributed by atoms with Gasteiger partial charge in [0.15, 0.2) is 5.96 Å². The number of nitrogens with one attached hydrogen (secondary N) is 1. The summed E-state index contributed by atoms with van der Waals surface area (Å²) in [7, 11) is -0.635. The maximum atomic E-state index is 12.8. The van der Waals surface area contributed by atoms with Gasteiger partial charge in [-0.15, -0.1) is 13.2 Å². The summed E-state index contributed by atoms with van der Waals surface area (Å²) in [6.45, 7) is 3.26. The highest BCUT2D eigenvalue weighted by Gasteiger charge is 2.32. The highest BCUT2D eigenvalue weighted by Crippen LogP contribution is 2.38.